The molecule has 0 N–H and O–H groups in total. The van der Waals surface area contributed by atoms with Gasteiger partial charge in [-0.2, -0.15) is 18.4 Å². The van der Waals surface area contributed by atoms with E-state index in [1.54, 1.807) is 0 Å². The van der Waals surface area contributed by atoms with Crippen LogP contribution in [0.3, 0.4) is 0 Å². The second kappa shape index (κ2) is 5.12. The van der Waals surface area contributed by atoms with Crippen LogP contribution in [0.25, 0.3) is 0 Å². The molecule has 1 unspecified atom stereocenters. The lowest BCUT2D eigenvalue weighted by atomic mass is 10.1. The van der Waals surface area contributed by atoms with Gasteiger partial charge in [-0.1, -0.05) is 12.1 Å². The first-order chi connectivity index (χ1) is 8.13. The molecule has 1 aromatic rings. The van der Waals surface area contributed by atoms with Crippen LogP contribution in [0.4, 0.5) is 13.2 Å². The Morgan fingerprint density at radius 1 is 1.17 bits per heavy atom. The molecule has 0 aliphatic heterocycles. The van der Waals surface area contributed by atoms with E-state index in [0.717, 1.165) is 12.1 Å². The number of nitriles is 1. The molecule has 18 heavy (non-hydrogen) atoms. The Bertz CT molecular complexity index is 442. The first kappa shape index (κ1) is 14.7. The highest BCUT2D eigenvalue weighted by Crippen LogP contribution is 2.30. The van der Waals surface area contributed by atoms with Gasteiger partial charge in [0.1, 0.15) is 0 Å². The molecule has 0 amide bonds. The van der Waals surface area contributed by atoms with Crippen molar-refractivity contribution in [2.45, 2.75) is 31.9 Å². The van der Waals surface area contributed by atoms with Crippen molar-refractivity contribution in [2.75, 3.05) is 0 Å². The van der Waals surface area contributed by atoms with Crippen molar-refractivity contribution < 1.29 is 17.6 Å². The van der Waals surface area contributed by atoms with Crippen molar-refractivity contribution in [1.82, 2.24) is 0 Å². The van der Waals surface area contributed by atoms with Gasteiger partial charge in [0.15, 0.2) is 14.4 Å². The lowest BCUT2D eigenvalue weighted by molar-refractivity contribution is -0.137. The highest BCUT2D eigenvalue weighted by Gasteiger charge is 2.30. The van der Waals surface area contributed by atoms with Crippen LogP contribution in [0.5, 0.6) is 0 Å². The van der Waals surface area contributed by atoms with Crippen LogP contribution >= 0.6 is 0 Å². The van der Waals surface area contributed by atoms with Gasteiger partial charge in [-0.3, -0.25) is 0 Å². The Kier molecular flexibility index (Phi) is 4.19. The molecule has 1 rings (SSSR count). The molecule has 0 bridgehead atoms. The summed E-state index contributed by atoms with van der Waals surface area (Å²) in [5, 5.41) is 9.00. The van der Waals surface area contributed by atoms with E-state index in [1.807, 2.05) is 25.7 Å². The minimum absolute atomic E-state index is 0.452. The Balaban J connectivity index is 2.94. The summed E-state index contributed by atoms with van der Waals surface area (Å²) in [4.78, 5) is 0. The van der Waals surface area contributed by atoms with Gasteiger partial charge in [-0.15, -0.1) is 0 Å². The maximum Gasteiger partial charge on any atom is 0.416 e. The molecule has 0 heterocycles. The minimum Gasteiger partial charge on any atom is -0.399 e. The third-order valence-electron chi connectivity index (χ3n) is 2.13. The molecule has 0 aliphatic carbocycles. The van der Waals surface area contributed by atoms with Crippen LogP contribution in [0.1, 0.15) is 17.2 Å². The standard InChI is InChI=1S/C12H14F3NOSi/c1-18(2,3)17-11(8-16)9-4-6-10(7-5-9)12(13,14)15/h4-7,11H,1-3H3. The number of hydrogen-bond acceptors (Lipinski definition) is 2. The molecule has 0 fully saturated rings. The number of alkyl halides is 3. The largest absolute Gasteiger partial charge is 0.416 e. The summed E-state index contributed by atoms with van der Waals surface area (Å²) < 4.78 is 42.7. The fourth-order valence-corrected chi connectivity index (χ4v) is 2.27. The van der Waals surface area contributed by atoms with Crippen LogP contribution in [-0.4, -0.2) is 8.32 Å². The molecule has 0 aromatic heterocycles. The van der Waals surface area contributed by atoms with Crippen molar-refractivity contribution in [2.24, 2.45) is 0 Å². The lowest BCUT2D eigenvalue weighted by Gasteiger charge is -2.22. The molecular weight excluding hydrogens is 259 g/mol. The van der Waals surface area contributed by atoms with Gasteiger partial charge in [0, 0.05) is 0 Å². The summed E-state index contributed by atoms with van der Waals surface area (Å²) in [5.41, 5.74) is -0.274. The molecule has 1 atom stereocenters. The van der Waals surface area contributed by atoms with E-state index in [2.05, 4.69) is 0 Å². The molecular formula is C12H14F3NOSi. The van der Waals surface area contributed by atoms with Gasteiger partial charge in [0.2, 0.25) is 0 Å². The third-order valence-corrected chi connectivity index (χ3v) is 3.07. The van der Waals surface area contributed by atoms with E-state index in [9.17, 15) is 13.2 Å². The summed E-state index contributed by atoms with van der Waals surface area (Å²) >= 11 is 0. The second-order valence-electron chi connectivity index (χ2n) is 4.86. The first-order valence-corrected chi connectivity index (χ1v) is 8.79. The van der Waals surface area contributed by atoms with Gasteiger partial charge in [-0.05, 0) is 37.3 Å². The van der Waals surface area contributed by atoms with E-state index in [4.69, 9.17) is 9.69 Å². The molecule has 1 aromatic carbocycles. The highest BCUT2D eigenvalue weighted by atomic mass is 28.4. The predicted octanol–water partition coefficient (Wildman–Crippen LogP) is 4.12. The van der Waals surface area contributed by atoms with Crippen molar-refractivity contribution in [3.63, 3.8) is 0 Å². The van der Waals surface area contributed by atoms with Crippen LogP contribution in [0, 0.1) is 11.3 Å². The number of halogens is 3. The Morgan fingerprint density at radius 2 is 1.67 bits per heavy atom. The Labute approximate surface area is 105 Å². The summed E-state index contributed by atoms with van der Waals surface area (Å²) in [6.07, 6.45) is -5.17. The van der Waals surface area contributed by atoms with Crippen molar-refractivity contribution in [3.05, 3.63) is 35.4 Å². The molecule has 0 saturated carbocycles. The summed E-state index contributed by atoms with van der Waals surface area (Å²) in [6.45, 7) is 5.75. The van der Waals surface area contributed by atoms with Gasteiger partial charge in [0.25, 0.3) is 0 Å². The molecule has 6 heteroatoms. The maximum atomic E-state index is 12.4. The third kappa shape index (κ3) is 4.16. The first-order valence-electron chi connectivity index (χ1n) is 5.38. The zero-order valence-electron chi connectivity index (χ0n) is 10.4. The smallest absolute Gasteiger partial charge is 0.399 e. The molecule has 98 valence electrons. The lowest BCUT2D eigenvalue weighted by Crippen LogP contribution is -2.27. The van der Waals surface area contributed by atoms with Crippen molar-refractivity contribution in [3.8, 4) is 6.07 Å². The van der Waals surface area contributed by atoms with E-state index in [1.165, 1.54) is 12.1 Å². The summed E-state index contributed by atoms with van der Waals surface area (Å²) in [7, 11) is -1.92. The molecule has 2 nitrogen and oxygen atoms in total. The molecule has 0 aliphatic rings. The number of benzene rings is 1. The van der Waals surface area contributed by atoms with E-state index >= 15 is 0 Å². The molecule has 0 radical (unpaired) electrons. The van der Waals surface area contributed by atoms with Gasteiger partial charge < -0.3 is 4.43 Å². The van der Waals surface area contributed by atoms with E-state index in [-0.39, 0.29) is 0 Å². The van der Waals surface area contributed by atoms with Gasteiger partial charge in [-0.25, -0.2) is 0 Å². The topological polar surface area (TPSA) is 33.0 Å². The second-order valence-corrected chi connectivity index (χ2v) is 9.32. The summed E-state index contributed by atoms with van der Waals surface area (Å²) in [5.74, 6) is 0. The molecule has 0 spiro atoms. The fourth-order valence-electron chi connectivity index (χ4n) is 1.37. The Morgan fingerprint density at radius 3 is 2.00 bits per heavy atom. The van der Waals surface area contributed by atoms with Crippen LogP contribution in [0.2, 0.25) is 19.6 Å². The van der Waals surface area contributed by atoms with Gasteiger partial charge in [0.05, 0.1) is 11.6 Å². The molecule has 0 saturated heterocycles. The normalized spacial score (nSPS) is 14.1. The van der Waals surface area contributed by atoms with E-state index < -0.39 is 26.2 Å². The minimum atomic E-state index is -4.36. The van der Waals surface area contributed by atoms with Crippen molar-refractivity contribution >= 4 is 8.32 Å². The summed E-state index contributed by atoms with van der Waals surface area (Å²) in [6, 6.07) is 6.47. The highest BCUT2D eigenvalue weighted by molar-refractivity contribution is 6.69. The van der Waals surface area contributed by atoms with Crippen molar-refractivity contribution in [1.29, 1.82) is 5.26 Å². The average Bonchev–Trinajstić information content (AvgIpc) is 2.24. The number of hydrogen-bond donors (Lipinski definition) is 0. The van der Waals surface area contributed by atoms with Crippen LogP contribution in [-0.2, 0) is 10.6 Å². The van der Waals surface area contributed by atoms with Crippen LogP contribution in [0.15, 0.2) is 24.3 Å². The monoisotopic (exact) mass is 273 g/mol. The zero-order valence-corrected chi connectivity index (χ0v) is 11.4. The zero-order chi connectivity index (χ0) is 14.0. The maximum absolute atomic E-state index is 12.4. The van der Waals surface area contributed by atoms with E-state index in [0.29, 0.717) is 5.56 Å². The fraction of sp³-hybridized carbons (Fsp3) is 0.417. The number of rotatable bonds is 3. The predicted molar refractivity (Wildman–Crippen MR) is 64.2 cm³/mol. The van der Waals surface area contributed by atoms with Crippen LogP contribution < -0.4 is 0 Å². The number of nitrogens with zero attached hydrogens (tertiary/aromatic N) is 1. The Hall–Kier alpha value is -1.32. The average molecular weight is 273 g/mol. The SMILES string of the molecule is C[Si](C)(C)OC(C#N)c1ccc(C(F)(F)F)cc1. The quantitative estimate of drug-likeness (QED) is 0.776. The van der Waals surface area contributed by atoms with Gasteiger partial charge >= 0.3 is 6.18 Å².